The van der Waals surface area contributed by atoms with Crippen LogP contribution in [0.3, 0.4) is 0 Å². The number of pyridine rings is 1. The minimum absolute atomic E-state index is 0.824. The quantitative estimate of drug-likeness (QED) is 0.782. The Bertz CT molecular complexity index is 476. The first kappa shape index (κ1) is 10.4. The molecule has 0 amide bonds. The summed E-state index contributed by atoms with van der Waals surface area (Å²) in [5.41, 5.74) is 3.51. The Balaban J connectivity index is 2.49. The highest BCUT2D eigenvalue weighted by atomic mass is 79.9. The Labute approximate surface area is 97.3 Å². The minimum Gasteiger partial charge on any atom is -0.237 e. The van der Waals surface area contributed by atoms with E-state index in [1.54, 1.807) is 6.20 Å². The smallest absolute Gasteiger partial charge is 0.153 e. The van der Waals surface area contributed by atoms with Gasteiger partial charge < -0.3 is 0 Å². The van der Waals surface area contributed by atoms with Crippen molar-refractivity contribution in [2.24, 2.45) is 0 Å². The van der Waals surface area contributed by atoms with Gasteiger partial charge in [-0.25, -0.2) is 9.67 Å². The van der Waals surface area contributed by atoms with Gasteiger partial charge in [-0.3, -0.25) is 0 Å². The molecule has 0 spiro atoms. The summed E-state index contributed by atoms with van der Waals surface area (Å²) in [4.78, 5) is 4.30. The maximum absolute atomic E-state index is 4.32. The highest BCUT2D eigenvalue weighted by Crippen LogP contribution is 2.15. The number of halogens is 1. The highest BCUT2D eigenvalue weighted by molar-refractivity contribution is 9.08. The van der Waals surface area contributed by atoms with E-state index < -0.39 is 0 Å². The van der Waals surface area contributed by atoms with E-state index in [1.807, 2.05) is 29.9 Å². The van der Waals surface area contributed by atoms with Crippen LogP contribution in [0, 0.1) is 13.8 Å². The Morgan fingerprint density at radius 3 is 2.80 bits per heavy atom. The lowest BCUT2D eigenvalue weighted by Gasteiger charge is -2.04. The molecule has 15 heavy (non-hydrogen) atoms. The molecule has 0 aromatic carbocycles. The molecular formula is C11H12BrN3. The largest absolute Gasteiger partial charge is 0.237 e. The van der Waals surface area contributed by atoms with Gasteiger partial charge >= 0.3 is 0 Å². The molecule has 0 aliphatic rings. The summed E-state index contributed by atoms with van der Waals surface area (Å²) in [6, 6.07) is 4.01. The average molecular weight is 266 g/mol. The molecule has 0 fully saturated rings. The number of aromatic nitrogens is 3. The molecule has 2 rings (SSSR count). The van der Waals surface area contributed by atoms with Crippen LogP contribution in [-0.4, -0.2) is 14.8 Å². The van der Waals surface area contributed by atoms with Crippen molar-refractivity contribution in [1.29, 1.82) is 0 Å². The van der Waals surface area contributed by atoms with Crippen molar-refractivity contribution in [2.45, 2.75) is 19.2 Å². The van der Waals surface area contributed by atoms with Crippen LogP contribution in [0.25, 0.3) is 5.82 Å². The van der Waals surface area contributed by atoms with E-state index in [0.717, 1.165) is 16.8 Å². The minimum atomic E-state index is 0.824. The van der Waals surface area contributed by atoms with Crippen LogP contribution >= 0.6 is 15.9 Å². The topological polar surface area (TPSA) is 30.7 Å². The molecule has 0 atom stereocenters. The highest BCUT2D eigenvalue weighted by Gasteiger charge is 2.07. The normalized spacial score (nSPS) is 10.6. The molecule has 0 aliphatic heterocycles. The van der Waals surface area contributed by atoms with Crippen LogP contribution in [0.1, 0.15) is 16.8 Å². The molecular weight excluding hydrogens is 254 g/mol. The number of hydrogen-bond acceptors (Lipinski definition) is 2. The first-order valence-corrected chi connectivity index (χ1v) is 5.87. The fourth-order valence-corrected chi connectivity index (χ4v) is 1.99. The summed E-state index contributed by atoms with van der Waals surface area (Å²) in [6.45, 7) is 4.10. The van der Waals surface area contributed by atoms with Gasteiger partial charge in [0.2, 0.25) is 0 Å². The van der Waals surface area contributed by atoms with E-state index in [4.69, 9.17) is 0 Å². The predicted octanol–water partition coefficient (Wildman–Crippen LogP) is 2.78. The van der Waals surface area contributed by atoms with Crippen LogP contribution in [0.5, 0.6) is 0 Å². The molecule has 2 aromatic rings. The second-order valence-corrected chi connectivity index (χ2v) is 4.05. The van der Waals surface area contributed by atoms with Gasteiger partial charge in [0.05, 0.1) is 6.20 Å². The summed E-state index contributed by atoms with van der Waals surface area (Å²) >= 11 is 3.43. The molecule has 0 saturated carbocycles. The Morgan fingerprint density at radius 2 is 2.20 bits per heavy atom. The second kappa shape index (κ2) is 4.14. The van der Waals surface area contributed by atoms with Crippen molar-refractivity contribution in [1.82, 2.24) is 14.8 Å². The van der Waals surface area contributed by atoms with Gasteiger partial charge in [-0.2, -0.15) is 5.10 Å². The Morgan fingerprint density at radius 1 is 1.40 bits per heavy atom. The van der Waals surface area contributed by atoms with Gasteiger partial charge in [0, 0.05) is 22.8 Å². The lowest BCUT2D eigenvalue weighted by Crippen LogP contribution is -2.01. The third-order valence-corrected chi connectivity index (χ3v) is 2.98. The van der Waals surface area contributed by atoms with E-state index >= 15 is 0 Å². The van der Waals surface area contributed by atoms with Crippen molar-refractivity contribution in [3.63, 3.8) is 0 Å². The van der Waals surface area contributed by atoms with Gasteiger partial charge in [0.1, 0.15) is 0 Å². The number of nitrogens with zero attached hydrogens (tertiary/aromatic N) is 3. The van der Waals surface area contributed by atoms with E-state index in [2.05, 4.69) is 32.9 Å². The molecule has 0 N–H and O–H groups in total. The van der Waals surface area contributed by atoms with Crippen LogP contribution in [-0.2, 0) is 5.33 Å². The maximum Gasteiger partial charge on any atom is 0.153 e. The molecule has 2 aromatic heterocycles. The van der Waals surface area contributed by atoms with Gasteiger partial charge in [-0.15, -0.1) is 0 Å². The van der Waals surface area contributed by atoms with Gasteiger partial charge in [-0.1, -0.05) is 15.9 Å². The molecule has 78 valence electrons. The van der Waals surface area contributed by atoms with Gasteiger partial charge in [0.15, 0.2) is 5.82 Å². The van der Waals surface area contributed by atoms with E-state index in [-0.39, 0.29) is 0 Å². The van der Waals surface area contributed by atoms with Crippen molar-refractivity contribution >= 4 is 15.9 Å². The first-order chi connectivity index (χ1) is 7.22. The lowest BCUT2D eigenvalue weighted by molar-refractivity contribution is 0.814. The SMILES string of the molecule is Cc1ccnc(-n2ncc(CBr)c2C)c1. The number of hydrogen-bond donors (Lipinski definition) is 0. The van der Waals surface area contributed by atoms with E-state index in [9.17, 15) is 0 Å². The second-order valence-electron chi connectivity index (χ2n) is 3.49. The molecule has 0 saturated heterocycles. The molecule has 0 bridgehead atoms. The first-order valence-electron chi connectivity index (χ1n) is 4.75. The molecule has 3 nitrogen and oxygen atoms in total. The molecule has 0 unspecified atom stereocenters. The van der Waals surface area contributed by atoms with Crippen LogP contribution in [0.4, 0.5) is 0 Å². The molecule has 2 heterocycles. The van der Waals surface area contributed by atoms with Crippen molar-refractivity contribution in [3.05, 3.63) is 41.3 Å². The number of aryl methyl sites for hydroxylation is 1. The zero-order valence-corrected chi connectivity index (χ0v) is 10.3. The predicted molar refractivity (Wildman–Crippen MR) is 63.5 cm³/mol. The Kier molecular flexibility index (Phi) is 2.86. The molecule has 0 aliphatic carbocycles. The summed E-state index contributed by atoms with van der Waals surface area (Å²) in [5.74, 6) is 0.875. The number of rotatable bonds is 2. The van der Waals surface area contributed by atoms with Crippen LogP contribution in [0.2, 0.25) is 0 Å². The number of alkyl halides is 1. The van der Waals surface area contributed by atoms with E-state index in [0.29, 0.717) is 0 Å². The van der Waals surface area contributed by atoms with Crippen molar-refractivity contribution < 1.29 is 0 Å². The summed E-state index contributed by atoms with van der Waals surface area (Å²) in [6.07, 6.45) is 3.67. The zero-order valence-electron chi connectivity index (χ0n) is 8.74. The summed E-state index contributed by atoms with van der Waals surface area (Å²) < 4.78 is 1.86. The van der Waals surface area contributed by atoms with E-state index in [1.165, 1.54) is 11.1 Å². The van der Waals surface area contributed by atoms with Gasteiger partial charge in [-0.05, 0) is 31.5 Å². The van der Waals surface area contributed by atoms with Crippen molar-refractivity contribution in [3.8, 4) is 5.82 Å². The average Bonchev–Trinajstić information content (AvgIpc) is 2.59. The summed E-state index contributed by atoms with van der Waals surface area (Å²) in [5, 5.41) is 5.15. The van der Waals surface area contributed by atoms with Crippen molar-refractivity contribution in [2.75, 3.05) is 0 Å². The fraction of sp³-hybridized carbons (Fsp3) is 0.273. The lowest BCUT2D eigenvalue weighted by atomic mass is 10.3. The van der Waals surface area contributed by atoms with Crippen LogP contribution in [0.15, 0.2) is 24.5 Å². The standard InChI is InChI=1S/C11H12BrN3/c1-8-3-4-13-11(5-8)15-9(2)10(6-12)7-14-15/h3-5,7H,6H2,1-2H3. The fourth-order valence-electron chi connectivity index (χ4n) is 1.44. The maximum atomic E-state index is 4.32. The monoisotopic (exact) mass is 265 g/mol. The molecule has 0 radical (unpaired) electrons. The molecule has 4 heteroatoms. The Hall–Kier alpha value is -1.16. The van der Waals surface area contributed by atoms with Gasteiger partial charge in [0.25, 0.3) is 0 Å². The van der Waals surface area contributed by atoms with Crippen LogP contribution < -0.4 is 0 Å². The third kappa shape index (κ3) is 1.95. The summed E-state index contributed by atoms with van der Waals surface area (Å²) in [7, 11) is 0. The third-order valence-electron chi connectivity index (χ3n) is 2.37. The zero-order chi connectivity index (χ0) is 10.8.